The number of nitrogens with zero attached hydrogens (tertiary/aromatic N) is 2. The van der Waals surface area contributed by atoms with Crippen LogP contribution in [0, 0.1) is 11.8 Å². The Morgan fingerprint density at radius 2 is 2.10 bits per heavy atom. The van der Waals surface area contributed by atoms with Gasteiger partial charge in [0, 0.05) is 37.2 Å². The van der Waals surface area contributed by atoms with Gasteiger partial charge in [0.25, 0.3) is 0 Å². The van der Waals surface area contributed by atoms with Crippen LogP contribution in [0.3, 0.4) is 0 Å². The number of carbonyl (C=O) groups excluding carboxylic acids is 1. The van der Waals surface area contributed by atoms with Crippen LogP contribution in [-0.2, 0) is 4.79 Å². The number of para-hydroxylation sites is 1. The predicted molar refractivity (Wildman–Crippen MR) is 75.5 cm³/mol. The van der Waals surface area contributed by atoms with E-state index in [0.29, 0.717) is 24.5 Å². The molecule has 0 bridgehead atoms. The van der Waals surface area contributed by atoms with Crippen molar-refractivity contribution in [3.8, 4) is 5.75 Å². The number of hydrogen-bond acceptors (Lipinski definition) is 3. The van der Waals surface area contributed by atoms with Crippen LogP contribution in [0.2, 0.25) is 0 Å². The van der Waals surface area contributed by atoms with Gasteiger partial charge in [0.15, 0.2) is 0 Å². The van der Waals surface area contributed by atoms with E-state index >= 15 is 0 Å². The van der Waals surface area contributed by atoms with Crippen molar-refractivity contribution in [2.24, 2.45) is 11.8 Å². The lowest BCUT2D eigenvalue weighted by molar-refractivity contribution is -0.140. The monoisotopic (exact) mass is 272 g/mol. The van der Waals surface area contributed by atoms with Gasteiger partial charge in [0.05, 0.1) is 12.5 Å². The third-order valence-electron chi connectivity index (χ3n) is 5.04. The number of hydrogen-bond donors (Lipinski definition) is 0. The van der Waals surface area contributed by atoms with Gasteiger partial charge in [-0.05, 0) is 19.5 Å². The molecule has 0 N–H and O–H groups in total. The van der Waals surface area contributed by atoms with Crippen molar-refractivity contribution < 1.29 is 9.53 Å². The van der Waals surface area contributed by atoms with Crippen molar-refractivity contribution in [3.63, 3.8) is 0 Å². The highest BCUT2D eigenvalue weighted by Gasteiger charge is 2.48. The Morgan fingerprint density at radius 1 is 1.30 bits per heavy atom. The van der Waals surface area contributed by atoms with E-state index < -0.39 is 0 Å². The van der Waals surface area contributed by atoms with Crippen molar-refractivity contribution in [2.45, 2.75) is 12.5 Å². The van der Waals surface area contributed by atoms with Gasteiger partial charge in [-0.3, -0.25) is 9.69 Å². The Labute approximate surface area is 119 Å². The van der Waals surface area contributed by atoms with Crippen molar-refractivity contribution in [3.05, 3.63) is 29.8 Å². The first kappa shape index (κ1) is 12.2. The summed E-state index contributed by atoms with van der Waals surface area (Å²) >= 11 is 0. The van der Waals surface area contributed by atoms with Crippen molar-refractivity contribution in [1.82, 2.24) is 9.80 Å². The van der Waals surface area contributed by atoms with Crippen LogP contribution in [0.4, 0.5) is 0 Å². The van der Waals surface area contributed by atoms with Gasteiger partial charge in [-0.2, -0.15) is 0 Å². The lowest BCUT2D eigenvalue weighted by Gasteiger charge is -2.36. The number of benzene rings is 1. The number of ether oxygens (including phenoxy) is 1. The molecule has 1 aromatic carbocycles. The molecule has 0 aliphatic carbocycles. The normalized spacial score (nSPS) is 32.0. The summed E-state index contributed by atoms with van der Waals surface area (Å²) in [5, 5.41) is 0. The van der Waals surface area contributed by atoms with Gasteiger partial charge in [-0.1, -0.05) is 18.2 Å². The quantitative estimate of drug-likeness (QED) is 0.777. The molecule has 1 amide bonds. The van der Waals surface area contributed by atoms with E-state index in [1.165, 1.54) is 5.56 Å². The van der Waals surface area contributed by atoms with Crippen LogP contribution in [0.25, 0.3) is 0 Å². The molecule has 106 valence electrons. The van der Waals surface area contributed by atoms with Crippen molar-refractivity contribution in [2.75, 3.05) is 33.3 Å². The Bertz CT molecular complexity index is 541. The van der Waals surface area contributed by atoms with Crippen LogP contribution in [0.5, 0.6) is 5.75 Å². The van der Waals surface area contributed by atoms with Crippen molar-refractivity contribution >= 4 is 5.91 Å². The largest absolute Gasteiger partial charge is 0.493 e. The van der Waals surface area contributed by atoms with E-state index in [1.807, 2.05) is 17.0 Å². The molecule has 3 heterocycles. The first-order valence-electron chi connectivity index (χ1n) is 7.46. The summed E-state index contributed by atoms with van der Waals surface area (Å²) in [6, 6.07) is 8.57. The Kier molecular flexibility index (Phi) is 2.74. The molecule has 3 atom stereocenters. The maximum absolute atomic E-state index is 12.6. The molecule has 3 aliphatic heterocycles. The lowest BCUT2D eigenvalue weighted by atomic mass is 9.84. The van der Waals surface area contributed by atoms with Crippen LogP contribution >= 0.6 is 0 Å². The zero-order valence-electron chi connectivity index (χ0n) is 11.8. The molecule has 0 spiro atoms. The predicted octanol–water partition coefficient (Wildman–Crippen LogP) is 1.53. The smallest absolute Gasteiger partial charge is 0.227 e. The molecule has 0 saturated carbocycles. The van der Waals surface area contributed by atoms with Gasteiger partial charge in [0.1, 0.15) is 5.75 Å². The third kappa shape index (κ3) is 1.67. The second-order valence-corrected chi connectivity index (χ2v) is 6.18. The summed E-state index contributed by atoms with van der Waals surface area (Å²) < 4.78 is 5.90. The molecule has 4 nitrogen and oxygen atoms in total. The molecule has 0 radical (unpaired) electrons. The van der Waals surface area contributed by atoms with Crippen LogP contribution in [0.15, 0.2) is 24.3 Å². The van der Waals surface area contributed by atoms with Gasteiger partial charge in [-0.25, -0.2) is 0 Å². The van der Waals surface area contributed by atoms with E-state index in [4.69, 9.17) is 4.74 Å². The molecule has 0 unspecified atom stereocenters. The van der Waals surface area contributed by atoms with Gasteiger partial charge in [-0.15, -0.1) is 0 Å². The number of fused-ring (bicyclic) bond motifs is 3. The lowest BCUT2D eigenvalue weighted by Crippen LogP contribution is -2.47. The second kappa shape index (κ2) is 4.48. The number of amides is 1. The summed E-state index contributed by atoms with van der Waals surface area (Å²) in [5.41, 5.74) is 1.24. The summed E-state index contributed by atoms with van der Waals surface area (Å²) in [6.45, 7) is 3.39. The number of rotatable bonds is 1. The second-order valence-electron chi connectivity index (χ2n) is 6.18. The molecule has 2 fully saturated rings. The fourth-order valence-corrected chi connectivity index (χ4v) is 3.86. The topological polar surface area (TPSA) is 32.8 Å². The SMILES string of the molecule is CN1C[C@@H](C(=O)N2CCC2)[C@@H]2COc3ccccc3[C@@H]21. The fourth-order valence-electron chi connectivity index (χ4n) is 3.86. The first-order chi connectivity index (χ1) is 9.75. The first-order valence-corrected chi connectivity index (χ1v) is 7.46. The maximum atomic E-state index is 12.6. The molecular weight excluding hydrogens is 252 g/mol. The molecule has 2 saturated heterocycles. The minimum atomic E-state index is 0.0960. The van der Waals surface area contributed by atoms with E-state index in [1.54, 1.807) is 0 Å². The third-order valence-corrected chi connectivity index (χ3v) is 5.04. The maximum Gasteiger partial charge on any atom is 0.227 e. The minimum Gasteiger partial charge on any atom is -0.493 e. The number of likely N-dealkylation sites (tertiary alicyclic amines) is 2. The standard InChI is InChI=1S/C16H20N2O2/c1-17-9-12(16(19)18-7-4-8-18)13-10-20-14-6-3-2-5-11(14)15(13)17/h2-3,5-6,12-13,15H,4,7-10H2,1H3/t12-,13+,15+/m1/s1. The van der Waals surface area contributed by atoms with Crippen LogP contribution in [-0.4, -0.2) is 49.0 Å². The van der Waals surface area contributed by atoms with E-state index in [-0.39, 0.29) is 5.92 Å². The summed E-state index contributed by atoms with van der Waals surface area (Å²) in [5.74, 6) is 1.71. The van der Waals surface area contributed by atoms with Gasteiger partial charge in [0.2, 0.25) is 5.91 Å². The highest BCUT2D eigenvalue weighted by Crippen LogP contribution is 2.47. The number of carbonyl (C=O) groups is 1. The zero-order valence-corrected chi connectivity index (χ0v) is 11.8. The summed E-state index contributed by atoms with van der Waals surface area (Å²) in [4.78, 5) is 16.9. The van der Waals surface area contributed by atoms with Gasteiger partial charge >= 0.3 is 0 Å². The Morgan fingerprint density at radius 3 is 2.85 bits per heavy atom. The molecular formula is C16H20N2O2. The molecule has 4 heteroatoms. The Balaban J connectivity index is 1.64. The highest BCUT2D eigenvalue weighted by atomic mass is 16.5. The van der Waals surface area contributed by atoms with E-state index in [0.717, 1.165) is 31.8 Å². The molecule has 0 aromatic heterocycles. The summed E-state index contributed by atoms with van der Waals surface area (Å²) in [7, 11) is 2.13. The zero-order chi connectivity index (χ0) is 13.7. The highest BCUT2D eigenvalue weighted by molar-refractivity contribution is 5.80. The Hall–Kier alpha value is -1.55. The fraction of sp³-hybridized carbons (Fsp3) is 0.562. The van der Waals surface area contributed by atoms with Crippen LogP contribution < -0.4 is 4.74 Å². The average Bonchev–Trinajstić information content (AvgIpc) is 2.74. The van der Waals surface area contributed by atoms with E-state index in [2.05, 4.69) is 24.1 Å². The van der Waals surface area contributed by atoms with Crippen molar-refractivity contribution in [1.29, 1.82) is 0 Å². The van der Waals surface area contributed by atoms with Crippen LogP contribution in [0.1, 0.15) is 18.0 Å². The van der Waals surface area contributed by atoms with E-state index in [9.17, 15) is 4.79 Å². The average molecular weight is 272 g/mol. The van der Waals surface area contributed by atoms with Gasteiger partial charge < -0.3 is 9.64 Å². The summed E-state index contributed by atoms with van der Waals surface area (Å²) in [6.07, 6.45) is 1.15. The molecule has 20 heavy (non-hydrogen) atoms. The molecule has 4 rings (SSSR count). The minimum absolute atomic E-state index is 0.0960. The molecule has 3 aliphatic rings. The molecule has 1 aromatic rings.